The summed E-state index contributed by atoms with van der Waals surface area (Å²) in [7, 11) is 0. The molecule has 0 aromatic heterocycles. The van der Waals surface area contributed by atoms with Gasteiger partial charge in [-0.1, -0.05) is 6.58 Å². The first-order chi connectivity index (χ1) is 9.03. The van der Waals surface area contributed by atoms with E-state index in [9.17, 15) is 9.59 Å². The molecule has 0 spiro atoms. The van der Waals surface area contributed by atoms with Crippen molar-refractivity contribution in [2.75, 3.05) is 33.0 Å². The minimum Gasteiger partial charge on any atom is -0.466 e. The van der Waals surface area contributed by atoms with Crippen LogP contribution < -0.4 is 0 Å². The van der Waals surface area contributed by atoms with Crippen LogP contribution in [0.4, 0.5) is 0 Å². The van der Waals surface area contributed by atoms with E-state index in [2.05, 4.69) is 11.3 Å². The molecule has 0 aromatic rings. The van der Waals surface area contributed by atoms with Crippen molar-refractivity contribution in [1.29, 1.82) is 0 Å². The van der Waals surface area contributed by atoms with Crippen LogP contribution in [0.2, 0.25) is 0 Å². The number of hydrogen-bond acceptors (Lipinski definition) is 7. The third kappa shape index (κ3) is 6.90. The van der Waals surface area contributed by atoms with E-state index in [4.69, 9.17) is 20.1 Å². The fourth-order valence-electron chi connectivity index (χ4n) is 1.13. The zero-order chi connectivity index (χ0) is 14.7. The van der Waals surface area contributed by atoms with Crippen molar-refractivity contribution in [2.24, 2.45) is 5.41 Å². The van der Waals surface area contributed by atoms with Crippen molar-refractivity contribution >= 4 is 11.9 Å². The molecule has 0 aliphatic rings. The Bertz CT molecular complexity index is 288. The molecule has 0 bridgehead atoms. The number of carbonyl (C=O) groups excluding carboxylic acids is 2. The van der Waals surface area contributed by atoms with Crippen molar-refractivity contribution in [3.05, 3.63) is 12.7 Å². The van der Waals surface area contributed by atoms with Crippen LogP contribution in [0.25, 0.3) is 0 Å². The van der Waals surface area contributed by atoms with Crippen LogP contribution in [-0.4, -0.2) is 60.3 Å². The van der Waals surface area contributed by atoms with Crippen molar-refractivity contribution in [3.8, 4) is 0 Å². The quantitative estimate of drug-likeness (QED) is 0.346. The van der Waals surface area contributed by atoms with Crippen LogP contribution in [0.3, 0.4) is 0 Å². The van der Waals surface area contributed by atoms with Crippen LogP contribution in [0, 0.1) is 5.41 Å². The van der Waals surface area contributed by atoms with Gasteiger partial charge in [-0.2, -0.15) is 0 Å². The van der Waals surface area contributed by atoms with Crippen LogP contribution in [0.15, 0.2) is 12.7 Å². The van der Waals surface area contributed by atoms with Gasteiger partial charge in [-0.25, -0.2) is 4.79 Å². The Morgan fingerprint density at radius 3 is 2.11 bits per heavy atom. The van der Waals surface area contributed by atoms with Crippen LogP contribution >= 0.6 is 0 Å². The average molecular weight is 276 g/mol. The summed E-state index contributed by atoms with van der Waals surface area (Å²) in [6, 6.07) is 0. The topological polar surface area (TPSA) is 113 Å². The van der Waals surface area contributed by atoms with Gasteiger partial charge in [0.1, 0.15) is 6.61 Å². The molecule has 0 aromatic carbocycles. The number of hydrogen-bond donors (Lipinski definition) is 3. The van der Waals surface area contributed by atoms with Crippen molar-refractivity contribution < 1.29 is 34.4 Å². The number of ether oxygens (including phenoxy) is 2. The molecular formula is C12H20O7. The molecular weight excluding hydrogens is 256 g/mol. The second kappa shape index (κ2) is 9.48. The second-order valence-electron chi connectivity index (χ2n) is 4.07. The lowest BCUT2D eigenvalue weighted by atomic mass is 9.88. The summed E-state index contributed by atoms with van der Waals surface area (Å²) >= 11 is 0. The van der Waals surface area contributed by atoms with Crippen LogP contribution in [0.1, 0.15) is 12.8 Å². The van der Waals surface area contributed by atoms with Gasteiger partial charge in [-0.3, -0.25) is 4.79 Å². The lowest BCUT2D eigenvalue weighted by molar-refractivity contribution is -0.148. The van der Waals surface area contributed by atoms with Gasteiger partial charge in [0.2, 0.25) is 0 Å². The highest BCUT2D eigenvalue weighted by molar-refractivity contribution is 5.81. The number of rotatable bonds is 10. The molecule has 0 atom stereocenters. The molecule has 110 valence electrons. The average Bonchev–Trinajstić information content (AvgIpc) is 2.44. The minimum absolute atomic E-state index is 0.0457. The van der Waals surface area contributed by atoms with Crippen LogP contribution in [0.5, 0.6) is 0 Å². The summed E-state index contributed by atoms with van der Waals surface area (Å²) in [5, 5.41) is 27.1. The number of carbonyl (C=O) groups is 2. The van der Waals surface area contributed by atoms with Gasteiger partial charge in [0.15, 0.2) is 0 Å². The van der Waals surface area contributed by atoms with E-state index in [1.54, 1.807) is 0 Å². The molecule has 0 fully saturated rings. The Morgan fingerprint density at radius 2 is 1.63 bits per heavy atom. The first-order valence-electron chi connectivity index (χ1n) is 5.81. The molecule has 0 unspecified atom stereocenters. The Balaban J connectivity index is 3.84. The Morgan fingerprint density at radius 1 is 1.05 bits per heavy atom. The summed E-state index contributed by atoms with van der Waals surface area (Å²) in [6.45, 7) is 1.83. The second-order valence-corrected chi connectivity index (χ2v) is 4.07. The summed E-state index contributed by atoms with van der Waals surface area (Å²) in [6.07, 6.45) is 1.03. The number of esters is 2. The fourth-order valence-corrected chi connectivity index (χ4v) is 1.13. The highest BCUT2D eigenvalue weighted by atomic mass is 16.5. The van der Waals surface area contributed by atoms with E-state index in [1.165, 1.54) is 0 Å². The van der Waals surface area contributed by atoms with E-state index in [0.717, 1.165) is 6.08 Å². The summed E-state index contributed by atoms with van der Waals surface area (Å²) < 4.78 is 9.42. The molecule has 3 N–H and O–H groups in total. The monoisotopic (exact) mass is 276 g/mol. The molecule has 7 heteroatoms. The van der Waals surface area contributed by atoms with Crippen molar-refractivity contribution in [1.82, 2.24) is 0 Å². The Hall–Kier alpha value is -1.44. The molecule has 19 heavy (non-hydrogen) atoms. The van der Waals surface area contributed by atoms with Gasteiger partial charge >= 0.3 is 11.9 Å². The van der Waals surface area contributed by atoms with Gasteiger partial charge in [0.25, 0.3) is 0 Å². The molecule has 0 saturated heterocycles. The van der Waals surface area contributed by atoms with Crippen molar-refractivity contribution in [2.45, 2.75) is 12.8 Å². The molecule has 0 rings (SSSR count). The number of aliphatic hydroxyl groups is 3. The molecule has 0 aliphatic heterocycles. The van der Waals surface area contributed by atoms with E-state index in [1.807, 2.05) is 0 Å². The van der Waals surface area contributed by atoms with E-state index >= 15 is 0 Å². The van der Waals surface area contributed by atoms with Gasteiger partial charge in [-0.05, 0) is 6.42 Å². The molecule has 7 nitrogen and oxygen atoms in total. The van der Waals surface area contributed by atoms with E-state index in [-0.39, 0.29) is 26.1 Å². The molecule has 0 saturated carbocycles. The fraction of sp³-hybridized carbons (Fsp3) is 0.667. The van der Waals surface area contributed by atoms with Gasteiger partial charge in [-0.15, -0.1) is 0 Å². The highest BCUT2D eigenvalue weighted by Gasteiger charge is 2.28. The molecule has 0 amide bonds. The SMILES string of the molecule is C=CC(=O)OCCC(=O)OCCC(CO)(CO)CO. The first kappa shape index (κ1) is 17.6. The Kier molecular flexibility index (Phi) is 8.77. The van der Waals surface area contributed by atoms with Gasteiger partial charge in [0.05, 0.1) is 32.8 Å². The normalized spacial score (nSPS) is 10.9. The summed E-state index contributed by atoms with van der Waals surface area (Å²) in [5.74, 6) is -1.19. The Labute approximate surface area is 111 Å². The van der Waals surface area contributed by atoms with Gasteiger partial charge in [0, 0.05) is 11.5 Å². The zero-order valence-corrected chi connectivity index (χ0v) is 10.7. The summed E-state index contributed by atoms with van der Waals surface area (Å²) in [4.78, 5) is 21.9. The molecule has 0 aliphatic carbocycles. The molecule has 0 radical (unpaired) electrons. The first-order valence-corrected chi connectivity index (χ1v) is 5.81. The largest absolute Gasteiger partial charge is 0.466 e. The smallest absolute Gasteiger partial charge is 0.330 e. The predicted molar refractivity (Wildman–Crippen MR) is 65.0 cm³/mol. The predicted octanol–water partition coefficient (Wildman–Crippen LogP) is -0.998. The summed E-state index contributed by atoms with van der Waals surface area (Å²) in [5.41, 5.74) is -1.06. The zero-order valence-electron chi connectivity index (χ0n) is 10.7. The van der Waals surface area contributed by atoms with Gasteiger partial charge < -0.3 is 24.8 Å². The van der Waals surface area contributed by atoms with E-state index in [0.29, 0.717) is 0 Å². The lowest BCUT2D eigenvalue weighted by Crippen LogP contribution is -2.35. The number of aliphatic hydroxyl groups excluding tert-OH is 3. The lowest BCUT2D eigenvalue weighted by Gasteiger charge is -2.26. The third-order valence-electron chi connectivity index (χ3n) is 2.62. The highest BCUT2D eigenvalue weighted by Crippen LogP contribution is 2.19. The standard InChI is InChI=1S/C12H20O7/c1-2-10(16)18-5-3-11(17)19-6-4-12(7-13,8-14)9-15/h2,13-15H,1,3-9H2. The van der Waals surface area contributed by atoms with E-state index < -0.39 is 37.2 Å². The van der Waals surface area contributed by atoms with Crippen molar-refractivity contribution in [3.63, 3.8) is 0 Å². The minimum atomic E-state index is -1.06. The molecule has 0 heterocycles. The maximum Gasteiger partial charge on any atom is 0.330 e. The maximum atomic E-state index is 11.2. The third-order valence-corrected chi connectivity index (χ3v) is 2.62. The van der Waals surface area contributed by atoms with Crippen LogP contribution in [-0.2, 0) is 19.1 Å². The maximum absolute atomic E-state index is 11.2.